The molecule has 0 spiro atoms. The normalized spacial score (nSPS) is 20.4. The van der Waals surface area contributed by atoms with Gasteiger partial charge in [0.2, 0.25) is 0 Å². The van der Waals surface area contributed by atoms with Crippen molar-refractivity contribution in [2.24, 2.45) is 5.73 Å². The molecule has 3 rings (SSSR count). The molecule has 6 heteroatoms. The summed E-state index contributed by atoms with van der Waals surface area (Å²) < 4.78 is 18.6. The lowest BCUT2D eigenvalue weighted by Crippen LogP contribution is -2.29. The Balaban J connectivity index is 1.55. The molecule has 1 fully saturated rings. The van der Waals surface area contributed by atoms with Gasteiger partial charge in [-0.1, -0.05) is 29.8 Å². The third kappa shape index (κ3) is 5.21. The zero-order valence-electron chi connectivity index (χ0n) is 15.3. The second-order valence-corrected chi connectivity index (χ2v) is 7.50. The highest BCUT2D eigenvalue weighted by Gasteiger charge is 2.27. The van der Waals surface area contributed by atoms with Crippen LogP contribution in [0.3, 0.4) is 0 Å². The fourth-order valence-corrected chi connectivity index (χ4v) is 3.85. The van der Waals surface area contributed by atoms with E-state index in [0.717, 1.165) is 24.8 Å². The molecule has 4 nitrogen and oxygen atoms in total. The topological polar surface area (TPSA) is 64.3 Å². The Labute approximate surface area is 163 Å². The summed E-state index contributed by atoms with van der Waals surface area (Å²) in [7, 11) is 0. The maximum absolute atomic E-state index is 13.3. The van der Waals surface area contributed by atoms with Crippen LogP contribution >= 0.6 is 11.6 Å². The molecule has 0 bridgehead atoms. The summed E-state index contributed by atoms with van der Waals surface area (Å²) in [5.41, 5.74) is 7.34. The van der Waals surface area contributed by atoms with Crippen molar-refractivity contribution in [3.63, 3.8) is 0 Å². The molecule has 2 aromatic carbocycles. The Kier molecular flexibility index (Phi) is 6.34. The zero-order chi connectivity index (χ0) is 19.4. The summed E-state index contributed by atoms with van der Waals surface area (Å²) in [4.78, 5) is 10.8. The van der Waals surface area contributed by atoms with Crippen molar-refractivity contribution in [2.45, 2.75) is 44.2 Å². The average molecular weight is 391 g/mol. The smallest absolute Gasteiger partial charge is 0.255 e. The van der Waals surface area contributed by atoms with Crippen LogP contribution in [0.1, 0.15) is 49.3 Å². The largest absolute Gasteiger partial charge is 0.484 e. The van der Waals surface area contributed by atoms with Gasteiger partial charge in [0.05, 0.1) is 5.02 Å². The minimum Gasteiger partial charge on any atom is -0.484 e. The number of nitrogens with two attached hydrogens (primary N) is 1. The summed E-state index contributed by atoms with van der Waals surface area (Å²) in [6.45, 7) is 1.96. The fraction of sp³-hybridized carbons (Fsp3) is 0.381. The molecule has 1 aliphatic carbocycles. The summed E-state index contributed by atoms with van der Waals surface area (Å²) in [5.74, 6) is 0.251. The molecule has 144 valence electrons. The van der Waals surface area contributed by atoms with Crippen LogP contribution < -0.4 is 15.8 Å². The van der Waals surface area contributed by atoms with Crippen LogP contribution in [-0.2, 0) is 4.79 Å². The molecule has 0 radical (unpaired) electrons. The van der Waals surface area contributed by atoms with Crippen molar-refractivity contribution in [1.82, 2.24) is 5.32 Å². The highest BCUT2D eigenvalue weighted by atomic mass is 35.5. The number of primary amides is 1. The Bertz CT molecular complexity index is 797. The zero-order valence-corrected chi connectivity index (χ0v) is 16.0. The summed E-state index contributed by atoms with van der Waals surface area (Å²) in [6, 6.07) is 13.2. The van der Waals surface area contributed by atoms with E-state index < -0.39 is 11.7 Å². The van der Waals surface area contributed by atoms with Gasteiger partial charge < -0.3 is 15.8 Å². The molecule has 1 saturated carbocycles. The first kappa shape index (κ1) is 19.6. The quantitative estimate of drug-likeness (QED) is 0.739. The van der Waals surface area contributed by atoms with E-state index >= 15 is 0 Å². The van der Waals surface area contributed by atoms with Gasteiger partial charge in [0.15, 0.2) is 6.61 Å². The molecule has 0 aromatic heterocycles. The lowest BCUT2D eigenvalue weighted by molar-refractivity contribution is -0.119. The number of carbonyl (C=O) groups excluding carboxylic acids is 1. The van der Waals surface area contributed by atoms with Gasteiger partial charge in [-0.05, 0) is 67.5 Å². The number of carbonyl (C=O) groups is 1. The second kappa shape index (κ2) is 8.72. The molecule has 3 atom stereocenters. The monoisotopic (exact) mass is 390 g/mol. The second-order valence-electron chi connectivity index (χ2n) is 7.09. The Hall–Kier alpha value is -2.11. The standard InChI is InChI=1S/C21H24ClFN2O2/c1-13(15-5-9-20(23)19(22)11-15)25-17-6-2-16(10-17)14-3-7-18(8-4-14)27-12-21(24)26/h3-5,7-9,11,13,16-17,25H,2,6,10,12H2,1H3,(H2,24,26)/t13-,16?,17-/m1/s1. The van der Waals surface area contributed by atoms with Crippen LogP contribution in [0.15, 0.2) is 42.5 Å². The van der Waals surface area contributed by atoms with Crippen LogP contribution in [0.5, 0.6) is 5.75 Å². The molecule has 1 aliphatic rings. The maximum Gasteiger partial charge on any atom is 0.255 e. The van der Waals surface area contributed by atoms with Gasteiger partial charge in [-0.25, -0.2) is 4.39 Å². The van der Waals surface area contributed by atoms with Crippen LogP contribution in [0.4, 0.5) is 4.39 Å². The van der Waals surface area contributed by atoms with Crippen molar-refractivity contribution < 1.29 is 13.9 Å². The Morgan fingerprint density at radius 1 is 1.30 bits per heavy atom. The summed E-state index contributed by atoms with van der Waals surface area (Å²) >= 11 is 5.89. The van der Waals surface area contributed by atoms with Gasteiger partial charge >= 0.3 is 0 Å². The predicted octanol–water partition coefficient (Wildman–Crippen LogP) is 4.33. The first-order valence-electron chi connectivity index (χ1n) is 9.14. The van der Waals surface area contributed by atoms with E-state index in [1.165, 1.54) is 11.6 Å². The van der Waals surface area contributed by atoms with Crippen LogP contribution in [-0.4, -0.2) is 18.6 Å². The van der Waals surface area contributed by atoms with Crippen molar-refractivity contribution in [1.29, 1.82) is 0 Å². The molecule has 0 heterocycles. The Morgan fingerprint density at radius 3 is 2.70 bits per heavy atom. The lowest BCUT2D eigenvalue weighted by atomic mass is 9.97. The molecule has 1 amide bonds. The van der Waals surface area contributed by atoms with E-state index in [9.17, 15) is 9.18 Å². The molecular formula is C21H24ClFN2O2. The van der Waals surface area contributed by atoms with Crippen molar-refractivity contribution in [3.05, 3.63) is 64.4 Å². The van der Waals surface area contributed by atoms with Crippen LogP contribution in [0.2, 0.25) is 5.02 Å². The Morgan fingerprint density at radius 2 is 2.04 bits per heavy atom. The minimum atomic E-state index is -0.486. The van der Waals surface area contributed by atoms with E-state index in [1.54, 1.807) is 12.1 Å². The number of benzene rings is 2. The van der Waals surface area contributed by atoms with Crippen LogP contribution in [0, 0.1) is 5.82 Å². The summed E-state index contributed by atoms with van der Waals surface area (Å²) in [5, 5.41) is 3.79. The van der Waals surface area contributed by atoms with Gasteiger partial charge in [-0.15, -0.1) is 0 Å². The molecule has 27 heavy (non-hydrogen) atoms. The molecule has 0 aliphatic heterocycles. The third-order valence-electron chi connectivity index (χ3n) is 5.09. The highest BCUT2D eigenvalue weighted by Crippen LogP contribution is 2.36. The van der Waals surface area contributed by atoms with E-state index in [1.807, 2.05) is 24.3 Å². The van der Waals surface area contributed by atoms with Crippen molar-refractivity contribution in [2.75, 3.05) is 6.61 Å². The van der Waals surface area contributed by atoms with Crippen molar-refractivity contribution in [3.8, 4) is 5.75 Å². The summed E-state index contributed by atoms with van der Waals surface area (Å²) in [6.07, 6.45) is 3.24. The molecule has 2 aromatic rings. The third-order valence-corrected chi connectivity index (χ3v) is 5.38. The first-order valence-corrected chi connectivity index (χ1v) is 9.52. The fourth-order valence-electron chi connectivity index (χ4n) is 3.66. The van der Waals surface area contributed by atoms with E-state index in [4.69, 9.17) is 22.1 Å². The van der Waals surface area contributed by atoms with Gasteiger partial charge in [0.1, 0.15) is 11.6 Å². The van der Waals surface area contributed by atoms with E-state index in [2.05, 4.69) is 12.2 Å². The number of ether oxygens (including phenoxy) is 1. The maximum atomic E-state index is 13.3. The SMILES string of the molecule is C[C@@H](N[C@@H]1CCC(c2ccc(OCC(N)=O)cc2)C1)c1ccc(F)c(Cl)c1. The first-order chi connectivity index (χ1) is 12.9. The lowest BCUT2D eigenvalue weighted by Gasteiger charge is -2.20. The molecule has 1 unspecified atom stereocenters. The number of rotatable bonds is 7. The molecule has 3 N–H and O–H groups in total. The van der Waals surface area contributed by atoms with Gasteiger partial charge in [-0.3, -0.25) is 4.79 Å². The number of amides is 1. The van der Waals surface area contributed by atoms with Gasteiger partial charge in [-0.2, -0.15) is 0 Å². The highest BCUT2D eigenvalue weighted by molar-refractivity contribution is 6.30. The predicted molar refractivity (Wildman–Crippen MR) is 104 cm³/mol. The average Bonchev–Trinajstić information content (AvgIpc) is 3.11. The van der Waals surface area contributed by atoms with E-state index in [0.29, 0.717) is 17.7 Å². The number of halogens is 2. The number of hydrogen-bond donors (Lipinski definition) is 2. The van der Waals surface area contributed by atoms with E-state index in [-0.39, 0.29) is 17.7 Å². The molecular weight excluding hydrogens is 367 g/mol. The minimum absolute atomic E-state index is 0.108. The van der Waals surface area contributed by atoms with Crippen molar-refractivity contribution >= 4 is 17.5 Å². The van der Waals surface area contributed by atoms with Gasteiger partial charge in [0.25, 0.3) is 5.91 Å². The molecule has 0 saturated heterocycles. The number of hydrogen-bond acceptors (Lipinski definition) is 3. The van der Waals surface area contributed by atoms with Gasteiger partial charge in [0, 0.05) is 12.1 Å². The number of nitrogens with one attached hydrogen (secondary N) is 1. The van der Waals surface area contributed by atoms with Crippen LogP contribution in [0.25, 0.3) is 0 Å².